The van der Waals surface area contributed by atoms with Gasteiger partial charge in [-0.3, -0.25) is 9.59 Å². The van der Waals surface area contributed by atoms with Gasteiger partial charge in [0.2, 0.25) is 11.4 Å². The predicted molar refractivity (Wildman–Crippen MR) is 86.7 cm³/mol. The van der Waals surface area contributed by atoms with Gasteiger partial charge in [-0.2, -0.15) is 0 Å². The first kappa shape index (κ1) is 21.4. The predicted octanol–water partition coefficient (Wildman–Crippen LogP) is 1.29. The minimum absolute atomic E-state index is 0.00940. The number of rotatable bonds is 9. The standard InChI is InChI=1S/C15H25NO6S/c1-6-21-13(19)15(16-11(4)17,14(20)22-7-2)8-10(3)9-23-12(5)18/h10H,6-9H2,1-5H3,(H,16,17). The third-order valence-electron chi connectivity index (χ3n) is 2.86. The highest BCUT2D eigenvalue weighted by atomic mass is 32.2. The quantitative estimate of drug-likeness (QED) is 0.496. The van der Waals surface area contributed by atoms with Crippen LogP contribution in [0.25, 0.3) is 0 Å². The van der Waals surface area contributed by atoms with E-state index < -0.39 is 23.4 Å². The minimum atomic E-state index is -1.89. The van der Waals surface area contributed by atoms with Gasteiger partial charge in [0.25, 0.3) is 0 Å². The molecule has 0 bridgehead atoms. The Morgan fingerprint density at radius 2 is 1.52 bits per heavy atom. The maximum absolute atomic E-state index is 12.4. The normalized spacial score (nSPS) is 12.2. The average molecular weight is 347 g/mol. The van der Waals surface area contributed by atoms with E-state index in [2.05, 4.69) is 5.32 Å². The van der Waals surface area contributed by atoms with Gasteiger partial charge in [0.1, 0.15) is 0 Å². The lowest BCUT2D eigenvalue weighted by molar-refractivity contribution is -0.169. The molecule has 0 aliphatic heterocycles. The van der Waals surface area contributed by atoms with Crippen molar-refractivity contribution in [3.8, 4) is 0 Å². The molecule has 132 valence electrons. The van der Waals surface area contributed by atoms with Crippen molar-refractivity contribution in [3.63, 3.8) is 0 Å². The molecule has 0 fully saturated rings. The largest absolute Gasteiger partial charge is 0.464 e. The molecule has 8 heteroatoms. The molecule has 7 nitrogen and oxygen atoms in total. The number of thioether (sulfide) groups is 1. The van der Waals surface area contributed by atoms with Gasteiger partial charge in [-0.25, -0.2) is 9.59 Å². The van der Waals surface area contributed by atoms with Crippen molar-refractivity contribution in [3.05, 3.63) is 0 Å². The molecule has 0 aliphatic carbocycles. The Bertz CT molecular complexity index is 433. The Balaban J connectivity index is 5.50. The fourth-order valence-corrected chi connectivity index (χ4v) is 2.69. The molecule has 0 aromatic carbocycles. The Kier molecular flexibility index (Phi) is 9.55. The summed E-state index contributed by atoms with van der Waals surface area (Å²) in [5.74, 6) is -2.04. The van der Waals surface area contributed by atoms with Crippen molar-refractivity contribution < 1.29 is 28.7 Å². The molecule has 0 aromatic rings. The summed E-state index contributed by atoms with van der Waals surface area (Å²) >= 11 is 1.09. The van der Waals surface area contributed by atoms with Gasteiger partial charge in [0.05, 0.1) is 13.2 Å². The van der Waals surface area contributed by atoms with Crippen LogP contribution < -0.4 is 5.32 Å². The summed E-state index contributed by atoms with van der Waals surface area (Å²) in [5.41, 5.74) is -1.89. The van der Waals surface area contributed by atoms with E-state index in [4.69, 9.17) is 9.47 Å². The number of amides is 1. The number of ether oxygens (including phenoxy) is 2. The van der Waals surface area contributed by atoms with Crippen molar-refractivity contribution in [1.29, 1.82) is 0 Å². The Labute approximate surface area is 140 Å². The molecular weight excluding hydrogens is 322 g/mol. The summed E-state index contributed by atoms with van der Waals surface area (Å²) in [6.07, 6.45) is -0.00940. The van der Waals surface area contributed by atoms with E-state index in [0.29, 0.717) is 5.75 Å². The SMILES string of the molecule is CCOC(=O)C(CC(C)CSC(C)=O)(NC(C)=O)C(=O)OCC. The average Bonchev–Trinajstić information content (AvgIpc) is 2.44. The van der Waals surface area contributed by atoms with Crippen molar-refractivity contribution in [2.75, 3.05) is 19.0 Å². The van der Waals surface area contributed by atoms with E-state index in [1.54, 1.807) is 20.8 Å². The molecule has 1 N–H and O–H groups in total. The van der Waals surface area contributed by atoms with Crippen LogP contribution in [0.15, 0.2) is 0 Å². The van der Waals surface area contributed by atoms with E-state index in [9.17, 15) is 19.2 Å². The highest BCUT2D eigenvalue weighted by Gasteiger charge is 2.50. The molecule has 0 radical (unpaired) electrons. The molecule has 0 spiro atoms. The Hall–Kier alpha value is -1.57. The second-order valence-electron chi connectivity index (χ2n) is 5.14. The van der Waals surface area contributed by atoms with Gasteiger partial charge >= 0.3 is 11.9 Å². The molecule has 1 unspecified atom stereocenters. The molecule has 0 rings (SSSR count). The van der Waals surface area contributed by atoms with Gasteiger partial charge in [-0.1, -0.05) is 18.7 Å². The third kappa shape index (κ3) is 7.02. The fourth-order valence-electron chi connectivity index (χ4n) is 2.05. The fraction of sp³-hybridized carbons (Fsp3) is 0.733. The van der Waals surface area contributed by atoms with Gasteiger partial charge in [-0.05, 0) is 26.2 Å². The molecule has 0 saturated heterocycles. The number of hydrogen-bond donors (Lipinski definition) is 1. The van der Waals surface area contributed by atoms with Crippen LogP contribution in [0.2, 0.25) is 0 Å². The van der Waals surface area contributed by atoms with Crippen LogP contribution in [0.5, 0.6) is 0 Å². The molecule has 0 aliphatic rings. The van der Waals surface area contributed by atoms with Crippen LogP contribution in [0.3, 0.4) is 0 Å². The monoisotopic (exact) mass is 347 g/mol. The van der Waals surface area contributed by atoms with Gasteiger partial charge in [0.15, 0.2) is 5.12 Å². The molecule has 1 atom stereocenters. The van der Waals surface area contributed by atoms with Gasteiger partial charge in [0, 0.05) is 19.6 Å². The van der Waals surface area contributed by atoms with E-state index in [1.807, 2.05) is 0 Å². The molecule has 0 heterocycles. The maximum atomic E-state index is 12.4. The van der Waals surface area contributed by atoms with Crippen LogP contribution in [-0.2, 0) is 28.7 Å². The zero-order valence-corrected chi connectivity index (χ0v) is 15.1. The van der Waals surface area contributed by atoms with Crippen molar-refractivity contribution in [2.45, 2.75) is 46.6 Å². The Morgan fingerprint density at radius 3 is 1.87 bits per heavy atom. The van der Waals surface area contributed by atoms with E-state index >= 15 is 0 Å². The van der Waals surface area contributed by atoms with Crippen LogP contribution in [0.1, 0.15) is 41.0 Å². The number of carbonyl (C=O) groups is 4. The molecule has 0 aromatic heterocycles. The first-order valence-electron chi connectivity index (χ1n) is 7.46. The van der Waals surface area contributed by atoms with E-state index in [1.165, 1.54) is 13.8 Å². The first-order chi connectivity index (χ1) is 10.7. The van der Waals surface area contributed by atoms with Gasteiger partial charge < -0.3 is 14.8 Å². The van der Waals surface area contributed by atoms with Crippen molar-refractivity contribution in [1.82, 2.24) is 5.32 Å². The molecular formula is C15H25NO6S. The topological polar surface area (TPSA) is 98.8 Å². The molecule has 1 amide bonds. The highest BCUT2D eigenvalue weighted by Crippen LogP contribution is 2.24. The Morgan fingerprint density at radius 1 is 1.04 bits per heavy atom. The zero-order valence-electron chi connectivity index (χ0n) is 14.3. The van der Waals surface area contributed by atoms with E-state index in [-0.39, 0.29) is 30.7 Å². The second-order valence-corrected chi connectivity index (χ2v) is 6.34. The van der Waals surface area contributed by atoms with Crippen LogP contribution in [-0.4, -0.2) is 47.5 Å². The van der Waals surface area contributed by atoms with Crippen molar-refractivity contribution >= 4 is 34.7 Å². The van der Waals surface area contributed by atoms with Crippen LogP contribution in [0, 0.1) is 5.92 Å². The number of nitrogens with one attached hydrogen (secondary N) is 1. The summed E-state index contributed by atoms with van der Waals surface area (Å²) in [7, 11) is 0. The smallest absolute Gasteiger partial charge is 0.343 e. The summed E-state index contributed by atoms with van der Waals surface area (Å²) in [4.78, 5) is 47.4. The summed E-state index contributed by atoms with van der Waals surface area (Å²) in [6, 6.07) is 0. The third-order valence-corrected chi connectivity index (χ3v) is 4.01. The summed E-state index contributed by atoms with van der Waals surface area (Å²) in [5, 5.41) is 2.34. The highest BCUT2D eigenvalue weighted by molar-refractivity contribution is 8.13. The van der Waals surface area contributed by atoms with Crippen LogP contribution >= 0.6 is 11.8 Å². The number of hydrogen-bond acceptors (Lipinski definition) is 7. The molecule has 0 saturated carbocycles. The summed E-state index contributed by atoms with van der Waals surface area (Å²) < 4.78 is 9.95. The number of esters is 2. The van der Waals surface area contributed by atoms with Crippen molar-refractivity contribution in [2.24, 2.45) is 5.92 Å². The summed E-state index contributed by atoms with van der Waals surface area (Å²) in [6.45, 7) is 7.78. The zero-order chi connectivity index (χ0) is 18.0. The lowest BCUT2D eigenvalue weighted by Crippen LogP contribution is -2.62. The molecule has 23 heavy (non-hydrogen) atoms. The maximum Gasteiger partial charge on any atom is 0.343 e. The van der Waals surface area contributed by atoms with Crippen LogP contribution in [0.4, 0.5) is 0 Å². The van der Waals surface area contributed by atoms with Gasteiger partial charge in [-0.15, -0.1) is 0 Å². The number of carbonyl (C=O) groups excluding carboxylic acids is 4. The second kappa shape index (κ2) is 10.3. The first-order valence-corrected chi connectivity index (χ1v) is 8.44. The minimum Gasteiger partial charge on any atom is -0.464 e. The lowest BCUT2D eigenvalue weighted by Gasteiger charge is -2.31. The van der Waals surface area contributed by atoms with E-state index in [0.717, 1.165) is 11.8 Å². The lowest BCUT2D eigenvalue weighted by atomic mass is 9.88.